The number of halogens is 1. The normalized spacial score (nSPS) is 18.2. The van der Waals surface area contributed by atoms with Crippen molar-refractivity contribution in [3.63, 3.8) is 0 Å². The molecule has 1 heterocycles. The highest BCUT2D eigenvalue weighted by Gasteiger charge is 2.21. The van der Waals surface area contributed by atoms with E-state index in [0.717, 1.165) is 50.4 Å². The highest BCUT2D eigenvalue weighted by molar-refractivity contribution is 9.09. The number of benzene rings is 1. The summed E-state index contributed by atoms with van der Waals surface area (Å²) in [6, 6.07) is 8.40. The highest BCUT2D eigenvalue weighted by atomic mass is 79.9. The van der Waals surface area contributed by atoms with Gasteiger partial charge < -0.3 is 14.4 Å². The van der Waals surface area contributed by atoms with Gasteiger partial charge in [0, 0.05) is 24.3 Å². The van der Waals surface area contributed by atoms with Gasteiger partial charge in [0.2, 0.25) is 0 Å². The first-order valence-electron chi connectivity index (χ1n) is 6.85. The number of hydrogen-bond acceptors (Lipinski definition) is 3. The summed E-state index contributed by atoms with van der Waals surface area (Å²) in [6.07, 6.45) is 1.10. The number of nitrogens with zero attached hydrogens (tertiary/aromatic N) is 1. The maximum absolute atomic E-state index is 5.70. The van der Waals surface area contributed by atoms with E-state index in [0.29, 0.717) is 5.92 Å². The minimum Gasteiger partial charge on any atom is -0.493 e. The fourth-order valence-electron chi connectivity index (χ4n) is 2.45. The molecule has 4 heteroatoms. The second-order valence-electron chi connectivity index (χ2n) is 4.94. The van der Waals surface area contributed by atoms with E-state index < -0.39 is 0 Å². The minimum atomic E-state index is 0.575. The van der Waals surface area contributed by atoms with Crippen LogP contribution in [-0.4, -0.2) is 50.2 Å². The second kappa shape index (κ2) is 7.88. The molecular formula is C15H22BrNO2. The quantitative estimate of drug-likeness (QED) is 0.567. The zero-order valence-electron chi connectivity index (χ0n) is 11.5. The molecule has 0 spiro atoms. The van der Waals surface area contributed by atoms with Crippen LogP contribution in [-0.2, 0) is 4.74 Å². The first-order chi connectivity index (χ1) is 9.31. The molecule has 0 aromatic heterocycles. The molecule has 0 radical (unpaired) electrons. The lowest BCUT2D eigenvalue weighted by Crippen LogP contribution is -2.30. The molecule has 0 saturated heterocycles. The Labute approximate surface area is 124 Å². The molecule has 1 aromatic rings. The summed E-state index contributed by atoms with van der Waals surface area (Å²) in [5.41, 5.74) is 1.35. The molecule has 106 valence electrons. The predicted molar refractivity (Wildman–Crippen MR) is 81.4 cm³/mol. The number of alkyl halides is 1. The number of ether oxygens (including phenoxy) is 2. The van der Waals surface area contributed by atoms with Gasteiger partial charge in [0.15, 0.2) is 0 Å². The standard InChI is InChI=1S/C15H22BrNO2/c1-17(8-11-18-10-7-16)12-13-6-9-19-15-5-3-2-4-14(13)15/h2-5,13H,6-12H2,1H3. The molecule has 1 unspecified atom stereocenters. The van der Waals surface area contributed by atoms with Crippen molar-refractivity contribution in [1.29, 1.82) is 0 Å². The van der Waals surface area contributed by atoms with Crippen LogP contribution >= 0.6 is 15.9 Å². The van der Waals surface area contributed by atoms with E-state index in [-0.39, 0.29) is 0 Å². The summed E-state index contributed by atoms with van der Waals surface area (Å²) in [4.78, 5) is 2.35. The van der Waals surface area contributed by atoms with E-state index in [4.69, 9.17) is 9.47 Å². The maximum Gasteiger partial charge on any atom is 0.122 e. The van der Waals surface area contributed by atoms with Gasteiger partial charge in [0.1, 0.15) is 5.75 Å². The lowest BCUT2D eigenvalue weighted by Gasteiger charge is -2.29. The van der Waals surface area contributed by atoms with Crippen LogP contribution in [0.3, 0.4) is 0 Å². The average Bonchev–Trinajstić information content (AvgIpc) is 2.44. The van der Waals surface area contributed by atoms with Gasteiger partial charge in [-0.2, -0.15) is 0 Å². The van der Waals surface area contributed by atoms with Crippen molar-refractivity contribution < 1.29 is 9.47 Å². The van der Waals surface area contributed by atoms with Gasteiger partial charge in [-0.25, -0.2) is 0 Å². The van der Waals surface area contributed by atoms with Crippen molar-refractivity contribution in [2.24, 2.45) is 0 Å². The molecular weight excluding hydrogens is 306 g/mol. The Balaban J connectivity index is 1.83. The van der Waals surface area contributed by atoms with E-state index in [1.165, 1.54) is 5.56 Å². The first kappa shape index (κ1) is 14.8. The van der Waals surface area contributed by atoms with Gasteiger partial charge in [-0.1, -0.05) is 34.1 Å². The molecule has 1 aliphatic rings. The van der Waals surface area contributed by atoms with Gasteiger partial charge >= 0.3 is 0 Å². The summed E-state index contributed by atoms with van der Waals surface area (Å²) in [5.74, 6) is 1.63. The predicted octanol–water partition coefficient (Wildman–Crippen LogP) is 2.90. The number of rotatable bonds is 7. The fourth-order valence-corrected chi connectivity index (χ4v) is 2.68. The van der Waals surface area contributed by atoms with Gasteiger partial charge in [-0.3, -0.25) is 0 Å². The Morgan fingerprint density at radius 1 is 1.37 bits per heavy atom. The lowest BCUT2D eigenvalue weighted by molar-refractivity contribution is 0.120. The van der Waals surface area contributed by atoms with Gasteiger partial charge in [-0.15, -0.1) is 0 Å². The van der Waals surface area contributed by atoms with Crippen LogP contribution in [0, 0.1) is 0 Å². The Hall–Kier alpha value is -0.580. The van der Waals surface area contributed by atoms with E-state index in [2.05, 4.69) is 46.1 Å². The molecule has 0 bridgehead atoms. The molecule has 19 heavy (non-hydrogen) atoms. The smallest absolute Gasteiger partial charge is 0.122 e. The number of fused-ring (bicyclic) bond motifs is 1. The molecule has 2 rings (SSSR count). The third-order valence-electron chi connectivity index (χ3n) is 3.45. The van der Waals surface area contributed by atoms with Crippen LogP contribution in [0.5, 0.6) is 5.75 Å². The number of likely N-dealkylation sites (N-methyl/N-ethyl adjacent to an activating group) is 1. The molecule has 0 N–H and O–H groups in total. The Kier molecular flexibility index (Phi) is 6.14. The van der Waals surface area contributed by atoms with Gasteiger partial charge in [0.25, 0.3) is 0 Å². The molecule has 0 aliphatic carbocycles. The Morgan fingerprint density at radius 3 is 3.05 bits per heavy atom. The van der Waals surface area contributed by atoms with E-state index in [1.807, 2.05) is 6.07 Å². The Bertz CT molecular complexity index is 386. The van der Waals surface area contributed by atoms with Crippen LogP contribution in [0.1, 0.15) is 17.9 Å². The highest BCUT2D eigenvalue weighted by Crippen LogP contribution is 2.33. The molecule has 1 atom stereocenters. The molecule has 0 amide bonds. The topological polar surface area (TPSA) is 21.7 Å². The summed E-state index contributed by atoms with van der Waals surface area (Å²) >= 11 is 3.36. The monoisotopic (exact) mass is 327 g/mol. The van der Waals surface area contributed by atoms with Gasteiger partial charge in [0.05, 0.1) is 19.8 Å². The third-order valence-corrected chi connectivity index (χ3v) is 3.78. The summed E-state index contributed by atoms with van der Waals surface area (Å²) in [6.45, 7) is 4.46. The largest absolute Gasteiger partial charge is 0.493 e. The van der Waals surface area contributed by atoms with Crippen LogP contribution in [0.2, 0.25) is 0 Å². The average molecular weight is 328 g/mol. The van der Waals surface area contributed by atoms with Crippen molar-refractivity contribution in [2.45, 2.75) is 12.3 Å². The third kappa shape index (κ3) is 4.48. The SMILES string of the molecule is CN(CCOCCBr)CC1CCOc2ccccc21. The van der Waals surface area contributed by atoms with Crippen molar-refractivity contribution in [2.75, 3.05) is 45.3 Å². The zero-order valence-corrected chi connectivity index (χ0v) is 13.1. The van der Waals surface area contributed by atoms with Crippen LogP contribution in [0.4, 0.5) is 0 Å². The zero-order chi connectivity index (χ0) is 13.5. The Morgan fingerprint density at radius 2 is 2.21 bits per heavy atom. The molecule has 1 aliphatic heterocycles. The maximum atomic E-state index is 5.70. The van der Waals surface area contributed by atoms with Crippen LogP contribution < -0.4 is 4.74 Å². The van der Waals surface area contributed by atoms with Crippen molar-refractivity contribution in [3.8, 4) is 5.75 Å². The summed E-state index contributed by atoms with van der Waals surface area (Å²) in [5, 5.41) is 0.907. The van der Waals surface area contributed by atoms with Crippen molar-refractivity contribution >= 4 is 15.9 Å². The minimum absolute atomic E-state index is 0.575. The molecule has 3 nitrogen and oxygen atoms in total. The molecule has 1 aromatic carbocycles. The van der Waals surface area contributed by atoms with Crippen LogP contribution in [0.25, 0.3) is 0 Å². The second-order valence-corrected chi connectivity index (χ2v) is 5.73. The summed E-state index contributed by atoms with van der Waals surface area (Å²) < 4.78 is 11.2. The number of hydrogen-bond donors (Lipinski definition) is 0. The van der Waals surface area contributed by atoms with E-state index in [9.17, 15) is 0 Å². The fraction of sp³-hybridized carbons (Fsp3) is 0.600. The van der Waals surface area contributed by atoms with Gasteiger partial charge in [-0.05, 0) is 25.1 Å². The van der Waals surface area contributed by atoms with Crippen LogP contribution in [0.15, 0.2) is 24.3 Å². The first-order valence-corrected chi connectivity index (χ1v) is 7.97. The molecule has 0 saturated carbocycles. The van der Waals surface area contributed by atoms with Crippen molar-refractivity contribution in [1.82, 2.24) is 4.90 Å². The van der Waals surface area contributed by atoms with Crippen molar-refractivity contribution in [3.05, 3.63) is 29.8 Å². The van der Waals surface area contributed by atoms with E-state index in [1.54, 1.807) is 0 Å². The molecule has 0 fully saturated rings. The van der Waals surface area contributed by atoms with E-state index >= 15 is 0 Å². The number of para-hydroxylation sites is 1. The lowest BCUT2D eigenvalue weighted by atomic mass is 9.93. The summed E-state index contributed by atoms with van der Waals surface area (Å²) in [7, 11) is 2.16.